The van der Waals surface area contributed by atoms with Crippen LogP contribution in [0.4, 0.5) is 5.00 Å². The normalized spacial score (nSPS) is 17.9. The number of thiophene rings is 1. The summed E-state index contributed by atoms with van der Waals surface area (Å²) in [6, 6.07) is 0. The fraction of sp³-hybridized carbons (Fsp3) is 0.571. The Balaban J connectivity index is 1.94. The number of carbonyl (C=O) groups is 2. The van der Waals surface area contributed by atoms with Gasteiger partial charge < -0.3 is 5.32 Å². The minimum absolute atomic E-state index is 0.0939. The second-order valence-electron chi connectivity index (χ2n) is 5.05. The molecule has 2 aliphatic rings. The zero-order valence-corrected chi connectivity index (χ0v) is 12.6. The lowest BCUT2D eigenvalue weighted by Crippen LogP contribution is -2.15. The van der Waals surface area contributed by atoms with Crippen molar-refractivity contribution in [2.45, 2.75) is 38.4 Å². The van der Waals surface area contributed by atoms with Crippen LogP contribution in [-0.2, 0) is 17.0 Å². The number of nitrogens with one attached hydrogen (secondary N) is 1. The van der Waals surface area contributed by atoms with Gasteiger partial charge in [-0.25, -0.2) is 0 Å². The molecule has 1 saturated carbocycles. The van der Waals surface area contributed by atoms with Crippen molar-refractivity contribution in [3.05, 3.63) is 16.0 Å². The first-order chi connectivity index (χ1) is 9.20. The van der Waals surface area contributed by atoms with Crippen LogP contribution in [0, 0.1) is 5.92 Å². The number of Topliss-reactive ketones (excluding diaryl/α,β-unsaturated/α-hetero) is 1. The number of ketones is 1. The molecule has 2 heterocycles. The van der Waals surface area contributed by atoms with Crippen LogP contribution in [0.25, 0.3) is 0 Å². The van der Waals surface area contributed by atoms with Gasteiger partial charge in [0.05, 0.1) is 5.56 Å². The molecule has 0 unspecified atom stereocenters. The third-order valence-electron chi connectivity index (χ3n) is 3.61. The Morgan fingerprint density at radius 1 is 1.37 bits per heavy atom. The smallest absolute Gasteiger partial charge is 0.228 e. The Labute approximate surface area is 121 Å². The zero-order chi connectivity index (χ0) is 13.4. The standard InChI is InChI=1S/C14H17NO2S2/c1-2-10(16)12-9-5-6-18-7-11(9)19-14(12)15-13(17)8-3-4-8/h8H,2-7H2,1H3,(H,15,17). The van der Waals surface area contributed by atoms with Crippen molar-refractivity contribution < 1.29 is 9.59 Å². The Morgan fingerprint density at radius 3 is 2.84 bits per heavy atom. The minimum Gasteiger partial charge on any atom is -0.317 e. The molecule has 0 atom stereocenters. The average molecular weight is 295 g/mol. The number of anilines is 1. The molecule has 19 heavy (non-hydrogen) atoms. The second kappa shape index (κ2) is 5.29. The molecule has 3 rings (SSSR count). The molecule has 102 valence electrons. The van der Waals surface area contributed by atoms with E-state index in [9.17, 15) is 9.59 Å². The predicted molar refractivity (Wildman–Crippen MR) is 80.2 cm³/mol. The van der Waals surface area contributed by atoms with Crippen LogP contribution in [0.1, 0.15) is 47.0 Å². The molecular formula is C14H17NO2S2. The molecule has 1 fully saturated rings. The van der Waals surface area contributed by atoms with Crippen LogP contribution in [0.3, 0.4) is 0 Å². The van der Waals surface area contributed by atoms with Crippen molar-refractivity contribution in [2.75, 3.05) is 11.1 Å². The molecule has 1 amide bonds. The van der Waals surface area contributed by atoms with E-state index in [2.05, 4.69) is 5.32 Å². The van der Waals surface area contributed by atoms with Gasteiger partial charge in [-0.3, -0.25) is 9.59 Å². The molecule has 1 aliphatic heterocycles. The van der Waals surface area contributed by atoms with Gasteiger partial charge in [0.15, 0.2) is 5.78 Å². The summed E-state index contributed by atoms with van der Waals surface area (Å²) in [5, 5.41) is 3.80. The van der Waals surface area contributed by atoms with E-state index >= 15 is 0 Å². The van der Waals surface area contributed by atoms with Crippen molar-refractivity contribution >= 4 is 39.8 Å². The molecule has 0 bridgehead atoms. The molecule has 0 aromatic carbocycles. The Kier molecular flexibility index (Phi) is 3.67. The van der Waals surface area contributed by atoms with Gasteiger partial charge in [-0.2, -0.15) is 11.8 Å². The highest BCUT2D eigenvalue weighted by atomic mass is 32.2. The number of hydrogen-bond donors (Lipinski definition) is 1. The van der Waals surface area contributed by atoms with E-state index in [-0.39, 0.29) is 17.6 Å². The summed E-state index contributed by atoms with van der Waals surface area (Å²) in [4.78, 5) is 25.4. The van der Waals surface area contributed by atoms with Crippen LogP contribution in [0.5, 0.6) is 0 Å². The third kappa shape index (κ3) is 2.58. The largest absolute Gasteiger partial charge is 0.317 e. The van der Waals surface area contributed by atoms with Gasteiger partial charge in [-0.15, -0.1) is 11.3 Å². The fourth-order valence-electron chi connectivity index (χ4n) is 2.35. The maximum Gasteiger partial charge on any atom is 0.228 e. The van der Waals surface area contributed by atoms with Crippen molar-refractivity contribution in [1.82, 2.24) is 0 Å². The van der Waals surface area contributed by atoms with Gasteiger partial charge >= 0.3 is 0 Å². The van der Waals surface area contributed by atoms with Gasteiger partial charge in [0.2, 0.25) is 5.91 Å². The third-order valence-corrected chi connectivity index (χ3v) is 5.92. The first kappa shape index (κ1) is 13.2. The monoisotopic (exact) mass is 295 g/mol. The fourth-order valence-corrected chi connectivity index (χ4v) is 4.75. The molecule has 1 aromatic rings. The highest BCUT2D eigenvalue weighted by molar-refractivity contribution is 7.98. The highest BCUT2D eigenvalue weighted by Crippen LogP contribution is 2.41. The molecule has 1 N–H and O–H groups in total. The second-order valence-corrected chi connectivity index (χ2v) is 7.26. The van der Waals surface area contributed by atoms with Crippen LogP contribution < -0.4 is 5.32 Å². The SMILES string of the molecule is CCC(=O)c1c(NC(=O)C2CC2)sc2c1CCSC2. The molecule has 3 nitrogen and oxygen atoms in total. The van der Waals surface area contributed by atoms with E-state index in [4.69, 9.17) is 0 Å². The average Bonchev–Trinajstić information content (AvgIpc) is 3.20. The first-order valence-electron chi connectivity index (χ1n) is 6.77. The maximum atomic E-state index is 12.2. The number of hydrogen-bond acceptors (Lipinski definition) is 4. The van der Waals surface area contributed by atoms with Gasteiger partial charge in [0.25, 0.3) is 0 Å². The summed E-state index contributed by atoms with van der Waals surface area (Å²) in [5.41, 5.74) is 2.00. The van der Waals surface area contributed by atoms with Gasteiger partial charge in [0, 0.05) is 23.0 Å². The van der Waals surface area contributed by atoms with Gasteiger partial charge in [-0.05, 0) is 30.6 Å². The van der Waals surface area contributed by atoms with Crippen molar-refractivity contribution in [2.24, 2.45) is 5.92 Å². The lowest BCUT2D eigenvalue weighted by Gasteiger charge is -2.11. The van der Waals surface area contributed by atoms with Gasteiger partial charge in [-0.1, -0.05) is 6.92 Å². The van der Waals surface area contributed by atoms with E-state index < -0.39 is 0 Å². The van der Waals surface area contributed by atoms with E-state index in [1.807, 2.05) is 18.7 Å². The van der Waals surface area contributed by atoms with Crippen LogP contribution in [-0.4, -0.2) is 17.4 Å². The topological polar surface area (TPSA) is 46.2 Å². The lowest BCUT2D eigenvalue weighted by atomic mass is 10.0. The van der Waals surface area contributed by atoms with Crippen LogP contribution in [0.2, 0.25) is 0 Å². The van der Waals surface area contributed by atoms with Crippen molar-refractivity contribution in [1.29, 1.82) is 0 Å². The van der Waals surface area contributed by atoms with Crippen LogP contribution >= 0.6 is 23.1 Å². The number of fused-ring (bicyclic) bond motifs is 1. The number of carbonyl (C=O) groups excluding carboxylic acids is 2. The Bertz CT molecular complexity index is 532. The summed E-state index contributed by atoms with van der Waals surface area (Å²) < 4.78 is 0. The quantitative estimate of drug-likeness (QED) is 0.865. The van der Waals surface area contributed by atoms with E-state index in [0.29, 0.717) is 6.42 Å². The van der Waals surface area contributed by atoms with E-state index in [1.165, 1.54) is 10.4 Å². The molecule has 1 aromatic heterocycles. The summed E-state index contributed by atoms with van der Waals surface area (Å²) in [6.07, 6.45) is 3.44. The number of thioether (sulfide) groups is 1. The van der Waals surface area contributed by atoms with Crippen molar-refractivity contribution in [3.63, 3.8) is 0 Å². The first-order valence-corrected chi connectivity index (χ1v) is 8.74. The highest BCUT2D eigenvalue weighted by Gasteiger charge is 2.32. The Morgan fingerprint density at radius 2 is 2.16 bits per heavy atom. The van der Waals surface area contributed by atoms with Crippen LogP contribution in [0.15, 0.2) is 0 Å². The van der Waals surface area contributed by atoms with Crippen molar-refractivity contribution in [3.8, 4) is 0 Å². The number of rotatable bonds is 4. The minimum atomic E-state index is 0.0939. The molecule has 0 radical (unpaired) electrons. The molecule has 0 spiro atoms. The summed E-state index contributed by atoms with van der Waals surface area (Å²) in [6.45, 7) is 1.89. The Hall–Kier alpha value is -0.810. The summed E-state index contributed by atoms with van der Waals surface area (Å²) >= 11 is 3.51. The molecule has 5 heteroatoms. The maximum absolute atomic E-state index is 12.2. The van der Waals surface area contributed by atoms with Gasteiger partial charge in [0.1, 0.15) is 5.00 Å². The molecule has 1 aliphatic carbocycles. The summed E-state index contributed by atoms with van der Waals surface area (Å²) in [5.74, 6) is 2.48. The zero-order valence-electron chi connectivity index (χ0n) is 11.0. The number of amides is 1. The lowest BCUT2D eigenvalue weighted by molar-refractivity contribution is -0.117. The van der Waals surface area contributed by atoms with E-state index in [0.717, 1.165) is 41.3 Å². The molecular weight excluding hydrogens is 278 g/mol. The summed E-state index contributed by atoms with van der Waals surface area (Å²) in [7, 11) is 0. The van der Waals surface area contributed by atoms with E-state index in [1.54, 1.807) is 11.3 Å². The molecule has 0 saturated heterocycles. The predicted octanol–water partition coefficient (Wildman–Crippen LogP) is 3.48.